The fraction of sp³-hybridized carbons (Fsp3) is 0.500. The maximum atomic E-state index is 12.4. The number of amides is 2. The van der Waals surface area contributed by atoms with E-state index in [1.54, 1.807) is 32.3 Å². The van der Waals surface area contributed by atoms with Crippen LogP contribution in [-0.2, 0) is 20.9 Å². The second-order valence-electron chi connectivity index (χ2n) is 6.01. The highest BCUT2D eigenvalue weighted by atomic mass is 16.5. The maximum Gasteiger partial charge on any atom is 0.323 e. The molecule has 2 amide bonds. The van der Waals surface area contributed by atoms with Gasteiger partial charge >= 0.3 is 5.97 Å². The molecule has 1 rings (SSSR count). The quantitative estimate of drug-likeness (QED) is 0.672. The van der Waals surface area contributed by atoms with E-state index in [1.807, 2.05) is 0 Å². The Bertz CT molecular complexity index is 622. The van der Waals surface area contributed by atoms with E-state index in [2.05, 4.69) is 0 Å². The third kappa shape index (κ3) is 7.00. The van der Waals surface area contributed by atoms with Crippen LogP contribution >= 0.6 is 0 Å². The zero-order valence-electron chi connectivity index (χ0n) is 15.7. The molecule has 0 saturated carbocycles. The van der Waals surface area contributed by atoms with Gasteiger partial charge in [-0.1, -0.05) is 0 Å². The van der Waals surface area contributed by atoms with Gasteiger partial charge in [0.25, 0.3) is 0 Å². The number of aliphatic carboxylic acids is 1. The normalized spacial score (nSPS) is 10.2. The minimum Gasteiger partial charge on any atom is -0.497 e. The molecule has 0 fully saturated rings. The number of benzene rings is 1. The Morgan fingerprint density at radius 3 is 1.96 bits per heavy atom. The number of carboxylic acids is 1. The molecule has 26 heavy (non-hydrogen) atoms. The number of hydrogen-bond donors (Lipinski definition) is 1. The number of carboxylic acid groups (broad SMARTS) is 1. The number of rotatable bonds is 10. The summed E-state index contributed by atoms with van der Waals surface area (Å²) < 4.78 is 10.4. The van der Waals surface area contributed by atoms with E-state index in [0.717, 1.165) is 0 Å². The van der Waals surface area contributed by atoms with Crippen LogP contribution in [0.4, 0.5) is 0 Å². The van der Waals surface area contributed by atoms with Crippen LogP contribution in [0.25, 0.3) is 0 Å². The van der Waals surface area contributed by atoms with Crippen LogP contribution in [0.1, 0.15) is 24.8 Å². The predicted octanol–water partition coefficient (Wildman–Crippen LogP) is 1.38. The summed E-state index contributed by atoms with van der Waals surface area (Å²) in [5, 5.41) is 9.09. The van der Waals surface area contributed by atoms with Crippen molar-refractivity contribution < 1.29 is 29.0 Å². The average Bonchev–Trinajstić information content (AvgIpc) is 2.59. The van der Waals surface area contributed by atoms with E-state index in [1.165, 1.54) is 24.0 Å². The van der Waals surface area contributed by atoms with Gasteiger partial charge in [-0.05, 0) is 24.1 Å². The molecule has 0 aliphatic heterocycles. The fourth-order valence-corrected chi connectivity index (χ4v) is 2.35. The van der Waals surface area contributed by atoms with E-state index >= 15 is 0 Å². The van der Waals surface area contributed by atoms with Gasteiger partial charge in [0.15, 0.2) is 0 Å². The van der Waals surface area contributed by atoms with E-state index < -0.39 is 12.5 Å². The lowest BCUT2D eigenvalue weighted by atomic mass is 10.1. The van der Waals surface area contributed by atoms with Crippen LogP contribution in [0, 0.1) is 0 Å². The van der Waals surface area contributed by atoms with Crippen LogP contribution in [0.15, 0.2) is 18.2 Å². The predicted molar refractivity (Wildman–Crippen MR) is 95.1 cm³/mol. The average molecular weight is 366 g/mol. The highest BCUT2D eigenvalue weighted by Crippen LogP contribution is 2.23. The molecule has 8 heteroatoms. The van der Waals surface area contributed by atoms with Crippen molar-refractivity contribution in [2.75, 3.05) is 34.9 Å². The van der Waals surface area contributed by atoms with Gasteiger partial charge < -0.3 is 24.4 Å². The van der Waals surface area contributed by atoms with Gasteiger partial charge in [-0.25, -0.2) is 0 Å². The summed E-state index contributed by atoms with van der Waals surface area (Å²) in [5.74, 6) is -0.379. The van der Waals surface area contributed by atoms with E-state index in [-0.39, 0.29) is 31.2 Å². The van der Waals surface area contributed by atoms with Crippen LogP contribution in [0.2, 0.25) is 0 Å². The van der Waals surface area contributed by atoms with Gasteiger partial charge in [0, 0.05) is 39.5 Å². The smallest absolute Gasteiger partial charge is 0.323 e. The molecule has 144 valence electrons. The van der Waals surface area contributed by atoms with Gasteiger partial charge in [-0.2, -0.15) is 0 Å². The number of methoxy groups -OCH3 is 2. The van der Waals surface area contributed by atoms with Gasteiger partial charge in [-0.15, -0.1) is 0 Å². The highest BCUT2D eigenvalue weighted by molar-refractivity contribution is 5.82. The van der Waals surface area contributed by atoms with Crippen molar-refractivity contribution in [3.8, 4) is 11.5 Å². The van der Waals surface area contributed by atoms with E-state index in [4.69, 9.17) is 14.6 Å². The Labute approximate surface area is 153 Å². The summed E-state index contributed by atoms with van der Waals surface area (Å²) in [6.07, 6.45) is 0.716. The third-order valence-electron chi connectivity index (χ3n) is 3.74. The first-order valence-corrected chi connectivity index (χ1v) is 8.18. The summed E-state index contributed by atoms with van der Waals surface area (Å²) in [6.45, 7) is -0.305. The van der Waals surface area contributed by atoms with Gasteiger partial charge in [0.2, 0.25) is 11.8 Å². The van der Waals surface area contributed by atoms with Crippen molar-refractivity contribution in [1.29, 1.82) is 0 Å². The summed E-state index contributed by atoms with van der Waals surface area (Å²) >= 11 is 0. The molecule has 0 heterocycles. The molecule has 1 N–H and O–H groups in total. The van der Waals surface area contributed by atoms with E-state index in [0.29, 0.717) is 23.5 Å². The minimum absolute atomic E-state index is 0.0693. The Balaban J connectivity index is 2.81. The summed E-state index contributed by atoms with van der Waals surface area (Å²) in [7, 11) is 6.33. The zero-order valence-corrected chi connectivity index (χ0v) is 15.7. The number of hydrogen-bond acceptors (Lipinski definition) is 5. The molecule has 0 radical (unpaired) electrons. The highest BCUT2D eigenvalue weighted by Gasteiger charge is 2.18. The SMILES string of the molecule is COc1cc(CN(CC(=O)O)C(=O)CCCC(=O)N(C)C)cc(OC)c1. The summed E-state index contributed by atoms with van der Waals surface area (Å²) in [5.41, 5.74) is 0.695. The number of nitrogens with zero attached hydrogens (tertiary/aromatic N) is 2. The summed E-state index contributed by atoms with van der Waals surface area (Å²) in [4.78, 5) is 37.8. The standard InChI is InChI=1S/C18H26N2O6/c1-19(2)16(21)6-5-7-17(22)20(12-18(23)24)11-13-8-14(25-3)10-15(9-13)26-4/h8-10H,5-7,11-12H2,1-4H3,(H,23,24). The molecule has 0 aliphatic carbocycles. The molecule has 0 bridgehead atoms. The Morgan fingerprint density at radius 1 is 0.962 bits per heavy atom. The van der Waals surface area contributed by atoms with Crippen molar-refractivity contribution in [2.45, 2.75) is 25.8 Å². The Kier molecular flexibility index (Phi) is 8.41. The molecule has 1 aromatic carbocycles. The molecule has 0 aromatic heterocycles. The third-order valence-corrected chi connectivity index (χ3v) is 3.74. The number of carbonyl (C=O) groups is 3. The summed E-state index contributed by atoms with van der Waals surface area (Å²) in [6, 6.07) is 5.14. The molecule has 0 atom stereocenters. The Morgan fingerprint density at radius 2 is 1.50 bits per heavy atom. The van der Waals surface area contributed by atoms with Crippen molar-refractivity contribution in [2.24, 2.45) is 0 Å². The lowest BCUT2D eigenvalue weighted by Crippen LogP contribution is -2.35. The van der Waals surface area contributed by atoms with Crippen molar-refractivity contribution in [3.05, 3.63) is 23.8 Å². The lowest BCUT2D eigenvalue weighted by molar-refractivity contribution is -0.145. The van der Waals surface area contributed by atoms with Gasteiger partial charge in [-0.3, -0.25) is 14.4 Å². The largest absolute Gasteiger partial charge is 0.497 e. The molecular weight excluding hydrogens is 340 g/mol. The first kappa shape index (κ1) is 21.3. The topological polar surface area (TPSA) is 96.4 Å². The molecule has 1 aromatic rings. The van der Waals surface area contributed by atoms with Crippen molar-refractivity contribution in [1.82, 2.24) is 9.80 Å². The first-order chi connectivity index (χ1) is 12.3. The number of carbonyl (C=O) groups excluding carboxylic acids is 2. The maximum absolute atomic E-state index is 12.4. The second-order valence-corrected chi connectivity index (χ2v) is 6.01. The van der Waals surface area contributed by atoms with Crippen LogP contribution < -0.4 is 9.47 Å². The second kappa shape index (κ2) is 10.3. The molecule has 0 aliphatic rings. The Hall–Kier alpha value is -2.77. The van der Waals surface area contributed by atoms with Crippen LogP contribution in [0.3, 0.4) is 0 Å². The molecule has 8 nitrogen and oxygen atoms in total. The van der Waals surface area contributed by atoms with Crippen LogP contribution in [0.5, 0.6) is 11.5 Å². The molecule has 0 unspecified atom stereocenters. The number of ether oxygens (including phenoxy) is 2. The lowest BCUT2D eigenvalue weighted by Gasteiger charge is -2.21. The van der Waals surface area contributed by atoms with Crippen LogP contribution in [-0.4, -0.2) is 67.5 Å². The molecule has 0 spiro atoms. The molecular formula is C18H26N2O6. The van der Waals surface area contributed by atoms with Crippen molar-refractivity contribution >= 4 is 17.8 Å². The monoisotopic (exact) mass is 366 g/mol. The minimum atomic E-state index is -1.10. The fourth-order valence-electron chi connectivity index (χ4n) is 2.35. The molecule has 0 saturated heterocycles. The first-order valence-electron chi connectivity index (χ1n) is 8.18. The van der Waals surface area contributed by atoms with Crippen molar-refractivity contribution in [3.63, 3.8) is 0 Å². The zero-order chi connectivity index (χ0) is 19.7. The van der Waals surface area contributed by atoms with Gasteiger partial charge in [0.05, 0.1) is 14.2 Å². The van der Waals surface area contributed by atoms with E-state index in [9.17, 15) is 14.4 Å². The van der Waals surface area contributed by atoms with Gasteiger partial charge in [0.1, 0.15) is 18.0 Å².